The Bertz CT molecular complexity index is 1320. The molecule has 4 N–H and O–H groups in total. The third-order valence-corrected chi connectivity index (χ3v) is 4.90. The minimum Gasteiger partial charge on any atom is -0.382 e. The fourth-order valence-electron chi connectivity index (χ4n) is 3.40. The lowest BCUT2D eigenvalue weighted by Crippen LogP contribution is -2.20. The van der Waals surface area contributed by atoms with Crippen molar-refractivity contribution >= 4 is 28.9 Å². The molecule has 9 nitrogen and oxygen atoms in total. The summed E-state index contributed by atoms with van der Waals surface area (Å²) in [5, 5.41) is 9.07. The summed E-state index contributed by atoms with van der Waals surface area (Å²) in [7, 11) is 0. The summed E-state index contributed by atoms with van der Waals surface area (Å²) < 4.78 is 45.7. The predicted octanol–water partition coefficient (Wildman–Crippen LogP) is 4.57. The van der Waals surface area contributed by atoms with Gasteiger partial charge in [-0.1, -0.05) is 12.1 Å². The molecule has 3 heterocycles. The lowest BCUT2D eigenvalue weighted by atomic mass is 10.0. The normalized spacial score (nSPS) is 11.5. The first-order valence-electron chi connectivity index (χ1n) is 10.2. The van der Waals surface area contributed by atoms with Gasteiger partial charge in [0.05, 0.1) is 12.2 Å². The highest BCUT2D eigenvalue weighted by molar-refractivity contribution is 5.99. The molecule has 0 spiro atoms. The highest BCUT2D eigenvalue weighted by Crippen LogP contribution is 2.33. The van der Waals surface area contributed by atoms with Crippen LogP contribution in [0.3, 0.4) is 0 Å². The number of pyridine rings is 1. The molecule has 34 heavy (non-hydrogen) atoms. The Morgan fingerprint density at radius 2 is 1.91 bits per heavy atom. The number of anilines is 3. The second-order valence-electron chi connectivity index (χ2n) is 7.19. The summed E-state index contributed by atoms with van der Waals surface area (Å²) in [6.07, 6.45) is -0.378. The van der Waals surface area contributed by atoms with Gasteiger partial charge in [-0.15, -0.1) is 0 Å². The van der Waals surface area contributed by atoms with Crippen LogP contribution in [-0.2, 0) is 17.5 Å². The highest BCUT2D eigenvalue weighted by Gasteiger charge is 2.30. The van der Waals surface area contributed by atoms with E-state index < -0.39 is 17.8 Å². The monoisotopic (exact) mass is 471 g/mol. The van der Waals surface area contributed by atoms with Gasteiger partial charge in [0.1, 0.15) is 17.7 Å². The van der Waals surface area contributed by atoms with Gasteiger partial charge < -0.3 is 15.8 Å². The smallest absolute Gasteiger partial charge is 0.382 e. The van der Waals surface area contributed by atoms with Crippen LogP contribution < -0.4 is 16.4 Å². The number of carbonyl (C=O) groups excluding carboxylic acids is 1. The van der Waals surface area contributed by atoms with Gasteiger partial charge in [-0.2, -0.15) is 18.3 Å². The Kier molecular flexibility index (Phi) is 6.32. The number of carbonyl (C=O) groups is 1. The second-order valence-corrected chi connectivity index (χ2v) is 7.19. The Hall–Kier alpha value is -4.19. The first-order valence-corrected chi connectivity index (χ1v) is 10.2. The number of benzene rings is 1. The van der Waals surface area contributed by atoms with Crippen LogP contribution in [0.5, 0.6) is 0 Å². The van der Waals surface area contributed by atoms with Crippen molar-refractivity contribution in [2.24, 2.45) is 0 Å². The van der Waals surface area contributed by atoms with Crippen molar-refractivity contribution in [3.63, 3.8) is 0 Å². The molecule has 4 rings (SSSR count). The van der Waals surface area contributed by atoms with Gasteiger partial charge >= 0.3 is 12.2 Å². The standard InChI is InChI=1S/C22H20F3N7O2/c1-2-34-11-14-10-32-19(20(26)28-12-29-32)18(14)13-3-5-16(6-4-13)30-21(33)31-17-9-15(7-8-27-17)22(23,24)25/h3-10,12H,2,11H2,1H3,(H2,26,28,29)(H2,27,30,31,33). The number of urea groups is 1. The van der Waals surface area contributed by atoms with Gasteiger partial charge in [0, 0.05) is 35.8 Å². The van der Waals surface area contributed by atoms with E-state index in [1.807, 2.05) is 13.1 Å². The number of alkyl halides is 3. The van der Waals surface area contributed by atoms with Gasteiger partial charge in [0.2, 0.25) is 0 Å². The fraction of sp³-hybridized carbons (Fsp3) is 0.182. The molecule has 0 saturated carbocycles. The zero-order chi connectivity index (χ0) is 24.3. The maximum Gasteiger partial charge on any atom is 0.416 e. The number of nitrogens with zero attached hydrogens (tertiary/aromatic N) is 4. The number of rotatable bonds is 6. The van der Waals surface area contributed by atoms with Crippen LogP contribution in [0.4, 0.5) is 35.3 Å². The topological polar surface area (TPSA) is 119 Å². The molecule has 176 valence electrons. The summed E-state index contributed by atoms with van der Waals surface area (Å²) in [4.78, 5) is 20.1. The van der Waals surface area contributed by atoms with Gasteiger partial charge in [0.25, 0.3) is 0 Å². The molecular formula is C22H20F3N7O2. The van der Waals surface area contributed by atoms with Crippen molar-refractivity contribution < 1.29 is 22.7 Å². The van der Waals surface area contributed by atoms with E-state index >= 15 is 0 Å². The van der Waals surface area contributed by atoms with E-state index in [1.54, 1.807) is 28.8 Å². The van der Waals surface area contributed by atoms with Crippen LogP contribution in [0, 0.1) is 0 Å². The zero-order valence-electron chi connectivity index (χ0n) is 17.9. The number of fused-ring (bicyclic) bond motifs is 1. The van der Waals surface area contributed by atoms with Gasteiger partial charge in [-0.05, 0) is 36.8 Å². The van der Waals surface area contributed by atoms with E-state index in [4.69, 9.17) is 10.5 Å². The molecule has 0 saturated heterocycles. The fourth-order valence-corrected chi connectivity index (χ4v) is 3.40. The van der Waals surface area contributed by atoms with E-state index in [0.717, 1.165) is 35.0 Å². The van der Waals surface area contributed by atoms with Gasteiger partial charge in [-0.25, -0.2) is 19.3 Å². The minimum atomic E-state index is -4.54. The number of ether oxygens (including phenoxy) is 1. The Labute approximate surface area is 191 Å². The lowest BCUT2D eigenvalue weighted by molar-refractivity contribution is -0.137. The average Bonchev–Trinajstić information content (AvgIpc) is 3.17. The molecule has 0 aliphatic heterocycles. The third-order valence-electron chi connectivity index (χ3n) is 4.90. The van der Waals surface area contributed by atoms with Crippen LogP contribution in [0.1, 0.15) is 18.1 Å². The molecule has 2 amide bonds. The largest absolute Gasteiger partial charge is 0.416 e. The number of amides is 2. The third kappa shape index (κ3) is 4.91. The highest BCUT2D eigenvalue weighted by atomic mass is 19.4. The summed E-state index contributed by atoms with van der Waals surface area (Å²) in [5.41, 5.74) is 8.69. The van der Waals surface area contributed by atoms with Gasteiger partial charge in [-0.3, -0.25) is 5.32 Å². The summed E-state index contributed by atoms with van der Waals surface area (Å²) >= 11 is 0. The number of hydrogen-bond donors (Lipinski definition) is 3. The average molecular weight is 471 g/mol. The van der Waals surface area contributed by atoms with Crippen LogP contribution >= 0.6 is 0 Å². The van der Waals surface area contributed by atoms with Crippen LogP contribution in [0.2, 0.25) is 0 Å². The zero-order valence-corrected chi connectivity index (χ0v) is 17.9. The minimum absolute atomic E-state index is 0.222. The molecule has 0 aliphatic rings. The Balaban J connectivity index is 1.54. The SMILES string of the molecule is CCOCc1cn2ncnc(N)c2c1-c1ccc(NC(=O)Nc2cc(C(F)(F)F)ccn2)cc1. The molecule has 0 unspecified atom stereocenters. The molecule has 0 atom stereocenters. The number of nitrogens with one attached hydrogen (secondary N) is 2. The molecule has 0 bridgehead atoms. The van der Waals surface area contributed by atoms with E-state index in [9.17, 15) is 18.0 Å². The van der Waals surface area contributed by atoms with Crippen LogP contribution in [0.25, 0.3) is 16.6 Å². The van der Waals surface area contributed by atoms with Gasteiger partial charge in [0.15, 0.2) is 5.82 Å². The van der Waals surface area contributed by atoms with Crippen molar-refractivity contribution in [1.82, 2.24) is 19.6 Å². The second kappa shape index (κ2) is 9.35. The summed E-state index contributed by atoms with van der Waals surface area (Å²) in [6.45, 7) is 2.77. The number of nitrogen functional groups attached to an aromatic ring is 1. The van der Waals surface area contributed by atoms with E-state index in [1.165, 1.54) is 6.33 Å². The molecular weight excluding hydrogens is 451 g/mol. The Morgan fingerprint density at radius 1 is 1.15 bits per heavy atom. The van der Waals surface area contributed by atoms with Crippen LogP contribution in [-0.4, -0.2) is 32.2 Å². The molecule has 0 fully saturated rings. The van der Waals surface area contributed by atoms with E-state index in [0.29, 0.717) is 30.2 Å². The first-order chi connectivity index (χ1) is 16.3. The van der Waals surface area contributed by atoms with Crippen molar-refractivity contribution in [2.45, 2.75) is 19.7 Å². The van der Waals surface area contributed by atoms with Crippen molar-refractivity contribution in [3.05, 3.63) is 66.2 Å². The number of nitrogens with two attached hydrogens (primary N) is 1. The van der Waals surface area contributed by atoms with Crippen molar-refractivity contribution in [3.8, 4) is 11.1 Å². The molecule has 3 aromatic heterocycles. The maximum atomic E-state index is 12.8. The maximum absolute atomic E-state index is 12.8. The summed E-state index contributed by atoms with van der Waals surface area (Å²) in [6, 6.07) is 7.71. The number of hydrogen-bond acceptors (Lipinski definition) is 6. The van der Waals surface area contributed by atoms with E-state index in [2.05, 4.69) is 25.7 Å². The van der Waals surface area contributed by atoms with Crippen LogP contribution in [0.15, 0.2) is 55.1 Å². The molecule has 1 aromatic carbocycles. The van der Waals surface area contributed by atoms with Crippen molar-refractivity contribution in [1.29, 1.82) is 0 Å². The molecule has 0 aliphatic carbocycles. The first kappa shape index (κ1) is 23.0. The molecule has 4 aromatic rings. The quantitative estimate of drug-likeness (QED) is 0.379. The molecule has 0 radical (unpaired) electrons. The number of aromatic nitrogens is 4. The summed E-state index contributed by atoms with van der Waals surface area (Å²) in [5.74, 6) is 0.0863. The van der Waals surface area contributed by atoms with E-state index in [-0.39, 0.29) is 5.82 Å². The Morgan fingerprint density at radius 3 is 2.62 bits per heavy atom. The van der Waals surface area contributed by atoms with Crippen molar-refractivity contribution in [2.75, 3.05) is 23.0 Å². The molecule has 12 heteroatoms. The predicted molar refractivity (Wildman–Crippen MR) is 120 cm³/mol. The number of halogens is 3. The lowest BCUT2D eigenvalue weighted by Gasteiger charge is -2.11.